The first-order valence-electron chi connectivity index (χ1n) is 8.35. The fraction of sp³-hybridized carbons (Fsp3) is 0.389. The van der Waals surface area contributed by atoms with Gasteiger partial charge < -0.3 is 19.7 Å². The van der Waals surface area contributed by atoms with Crippen LogP contribution in [0.3, 0.4) is 0 Å². The minimum Gasteiger partial charge on any atom is -0.482 e. The second kappa shape index (κ2) is 7.55. The summed E-state index contributed by atoms with van der Waals surface area (Å²) in [6.07, 6.45) is 2.85. The van der Waals surface area contributed by atoms with Gasteiger partial charge in [-0.2, -0.15) is 0 Å². The number of amides is 1. The number of halogens is 1. The average Bonchev–Trinajstić information content (AvgIpc) is 3.23. The maximum absolute atomic E-state index is 13.5. The number of carbonyl (C=O) groups excluding carboxylic acids is 1. The minimum absolute atomic E-state index is 0.0359. The van der Waals surface area contributed by atoms with Gasteiger partial charge in [-0.05, 0) is 25.0 Å². The van der Waals surface area contributed by atoms with Crippen LogP contribution in [0.1, 0.15) is 48.4 Å². The summed E-state index contributed by atoms with van der Waals surface area (Å²) in [7, 11) is 0. The summed E-state index contributed by atoms with van der Waals surface area (Å²) in [6, 6.07) is 7.35. The zero-order valence-electron chi connectivity index (χ0n) is 14.0. The number of carbonyl (C=O) groups is 2. The number of carboxylic acids is 1. The smallest absolute Gasteiger partial charge is 0.305 e. The lowest BCUT2D eigenvalue weighted by Gasteiger charge is -2.28. The predicted molar refractivity (Wildman–Crippen MR) is 88.2 cm³/mol. The SMILES string of the molecule is O=C(O)CC1(NC(=O)c2cc(COc3ccccc3F)on2)CCCC1. The quantitative estimate of drug-likeness (QED) is 0.785. The summed E-state index contributed by atoms with van der Waals surface area (Å²) in [4.78, 5) is 23.5. The molecule has 3 rings (SSSR count). The molecule has 1 heterocycles. The molecule has 1 aliphatic carbocycles. The van der Waals surface area contributed by atoms with E-state index < -0.39 is 23.2 Å². The van der Waals surface area contributed by atoms with E-state index in [0.29, 0.717) is 12.8 Å². The second-order valence-electron chi connectivity index (χ2n) is 6.41. The monoisotopic (exact) mass is 362 g/mol. The molecule has 2 aromatic rings. The molecule has 0 spiro atoms. The van der Waals surface area contributed by atoms with E-state index >= 15 is 0 Å². The van der Waals surface area contributed by atoms with Crippen molar-refractivity contribution in [3.63, 3.8) is 0 Å². The summed E-state index contributed by atoms with van der Waals surface area (Å²) in [5.74, 6) is -1.61. The molecule has 1 fully saturated rings. The van der Waals surface area contributed by atoms with Crippen LogP contribution in [0.25, 0.3) is 0 Å². The van der Waals surface area contributed by atoms with Gasteiger partial charge in [0.2, 0.25) is 0 Å². The van der Waals surface area contributed by atoms with Crippen LogP contribution in [0.4, 0.5) is 4.39 Å². The molecule has 1 saturated carbocycles. The molecule has 1 aromatic carbocycles. The number of hydrogen-bond acceptors (Lipinski definition) is 5. The fourth-order valence-electron chi connectivity index (χ4n) is 3.19. The molecule has 1 aliphatic rings. The third-order valence-electron chi connectivity index (χ3n) is 4.43. The number of carboxylic acid groups (broad SMARTS) is 1. The van der Waals surface area contributed by atoms with Crippen molar-refractivity contribution in [1.29, 1.82) is 0 Å². The lowest BCUT2D eigenvalue weighted by atomic mass is 9.93. The molecule has 26 heavy (non-hydrogen) atoms. The molecule has 8 heteroatoms. The predicted octanol–water partition coefficient (Wildman–Crippen LogP) is 2.91. The Hall–Kier alpha value is -2.90. The van der Waals surface area contributed by atoms with Crippen molar-refractivity contribution in [3.05, 3.63) is 47.6 Å². The zero-order chi connectivity index (χ0) is 18.6. The van der Waals surface area contributed by atoms with E-state index in [-0.39, 0.29) is 30.2 Å². The van der Waals surface area contributed by atoms with E-state index in [1.807, 2.05) is 0 Å². The van der Waals surface area contributed by atoms with Gasteiger partial charge in [-0.25, -0.2) is 4.39 Å². The first-order valence-corrected chi connectivity index (χ1v) is 8.35. The Kier molecular flexibility index (Phi) is 5.20. The van der Waals surface area contributed by atoms with Crippen LogP contribution in [0.2, 0.25) is 0 Å². The first-order chi connectivity index (χ1) is 12.5. The van der Waals surface area contributed by atoms with Crippen LogP contribution in [0, 0.1) is 5.82 Å². The summed E-state index contributed by atoms with van der Waals surface area (Å²) in [5, 5.41) is 15.6. The molecule has 0 saturated heterocycles. The number of ether oxygens (including phenoxy) is 1. The molecule has 138 valence electrons. The number of benzene rings is 1. The third kappa shape index (κ3) is 4.19. The molecule has 0 radical (unpaired) electrons. The molecular formula is C18H19FN2O5. The Morgan fingerprint density at radius 3 is 2.73 bits per heavy atom. The summed E-state index contributed by atoms with van der Waals surface area (Å²) in [5.41, 5.74) is -0.708. The maximum Gasteiger partial charge on any atom is 0.305 e. The Labute approximate surface area is 149 Å². The van der Waals surface area contributed by atoms with Gasteiger partial charge in [0.15, 0.2) is 23.0 Å². The van der Waals surface area contributed by atoms with Crippen molar-refractivity contribution in [2.45, 2.75) is 44.2 Å². The molecule has 7 nitrogen and oxygen atoms in total. The number of hydrogen-bond donors (Lipinski definition) is 2. The average molecular weight is 362 g/mol. The highest BCUT2D eigenvalue weighted by molar-refractivity contribution is 5.93. The van der Waals surface area contributed by atoms with Crippen LogP contribution in [-0.2, 0) is 11.4 Å². The van der Waals surface area contributed by atoms with E-state index in [1.54, 1.807) is 12.1 Å². The summed E-state index contributed by atoms with van der Waals surface area (Å²) >= 11 is 0. The highest BCUT2D eigenvalue weighted by atomic mass is 19.1. The summed E-state index contributed by atoms with van der Waals surface area (Å²) in [6.45, 7) is -0.0819. The van der Waals surface area contributed by atoms with Crippen molar-refractivity contribution in [2.75, 3.05) is 0 Å². The molecule has 0 bridgehead atoms. The van der Waals surface area contributed by atoms with Crippen LogP contribution >= 0.6 is 0 Å². The van der Waals surface area contributed by atoms with Crippen molar-refractivity contribution >= 4 is 11.9 Å². The van der Waals surface area contributed by atoms with Gasteiger partial charge >= 0.3 is 5.97 Å². The Morgan fingerprint density at radius 2 is 2.04 bits per heavy atom. The van der Waals surface area contributed by atoms with E-state index in [2.05, 4.69) is 10.5 Å². The fourth-order valence-corrected chi connectivity index (χ4v) is 3.19. The topological polar surface area (TPSA) is 102 Å². The van der Waals surface area contributed by atoms with Crippen molar-refractivity contribution < 1.29 is 28.3 Å². The number of nitrogens with one attached hydrogen (secondary N) is 1. The van der Waals surface area contributed by atoms with Gasteiger partial charge in [-0.15, -0.1) is 0 Å². The van der Waals surface area contributed by atoms with Crippen molar-refractivity contribution in [1.82, 2.24) is 10.5 Å². The first kappa shape index (κ1) is 17.9. The third-order valence-corrected chi connectivity index (χ3v) is 4.43. The zero-order valence-corrected chi connectivity index (χ0v) is 14.0. The van der Waals surface area contributed by atoms with Gasteiger partial charge in [-0.1, -0.05) is 30.1 Å². The van der Waals surface area contributed by atoms with E-state index in [4.69, 9.17) is 14.4 Å². The number of nitrogens with zero attached hydrogens (tertiary/aromatic N) is 1. The lowest BCUT2D eigenvalue weighted by Crippen LogP contribution is -2.47. The second-order valence-corrected chi connectivity index (χ2v) is 6.41. The van der Waals surface area contributed by atoms with Gasteiger partial charge in [-0.3, -0.25) is 9.59 Å². The van der Waals surface area contributed by atoms with Gasteiger partial charge in [0.25, 0.3) is 5.91 Å². The molecule has 0 atom stereocenters. The van der Waals surface area contributed by atoms with Gasteiger partial charge in [0.1, 0.15) is 6.61 Å². The van der Waals surface area contributed by atoms with E-state index in [9.17, 15) is 14.0 Å². The van der Waals surface area contributed by atoms with Gasteiger partial charge in [0.05, 0.1) is 12.0 Å². The summed E-state index contributed by atoms with van der Waals surface area (Å²) < 4.78 is 23.9. The van der Waals surface area contributed by atoms with Crippen LogP contribution in [-0.4, -0.2) is 27.7 Å². The van der Waals surface area contributed by atoms with E-state index in [1.165, 1.54) is 18.2 Å². The Morgan fingerprint density at radius 1 is 1.31 bits per heavy atom. The Bertz CT molecular complexity index is 798. The number of aliphatic carboxylic acids is 1. The Balaban J connectivity index is 1.62. The molecule has 2 N–H and O–H groups in total. The molecule has 1 amide bonds. The molecule has 0 aliphatic heterocycles. The highest BCUT2D eigenvalue weighted by Crippen LogP contribution is 2.33. The molecular weight excluding hydrogens is 343 g/mol. The van der Waals surface area contributed by atoms with E-state index in [0.717, 1.165) is 12.8 Å². The largest absolute Gasteiger partial charge is 0.482 e. The van der Waals surface area contributed by atoms with Crippen LogP contribution in [0.5, 0.6) is 5.75 Å². The normalized spacial score (nSPS) is 15.6. The van der Waals surface area contributed by atoms with Crippen LogP contribution < -0.4 is 10.1 Å². The lowest BCUT2D eigenvalue weighted by molar-refractivity contribution is -0.138. The standard InChI is InChI=1S/C18H19FN2O5/c19-13-5-1-2-6-15(13)25-11-12-9-14(21-26-12)17(24)20-18(10-16(22)23)7-3-4-8-18/h1-2,5-6,9H,3-4,7-8,10-11H2,(H,20,24)(H,22,23). The highest BCUT2D eigenvalue weighted by Gasteiger charge is 2.38. The molecule has 1 aromatic heterocycles. The van der Waals surface area contributed by atoms with Crippen molar-refractivity contribution in [3.8, 4) is 5.75 Å². The number of para-hydroxylation sites is 1. The molecule has 0 unspecified atom stereocenters. The van der Waals surface area contributed by atoms with Gasteiger partial charge in [0, 0.05) is 6.07 Å². The minimum atomic E-state index is -0.952. The van der Waals surface area contributed by atoms with Crippen LogP contribution in [0.15, 0.2) is 34.9 Å². The van der Waals surface area contributed by atoms with Crippen molar-refractivity contribution in [2.24, 2.45) is 0 Å². The number of aromatic nitrogens is 1. The number of rotatable bonds is 7. The maximum atomic E-state index is 13.5.